The van der Waals surface area contributed by atoms with E-state index in [0.29, 0.717) is 22.7 Å². The van der Waals surface area contributed by atoms with Crippen LogP contribution in [0, 0.1) is 6.92 Å². The van der Waals surface area contributed by atoms with Crippen molar-refractivity contribution in [3.05, 3.63) is 59.2 Å². The zero-order valence-electron chi connectivity index (χ0n) is 15.1. The Morgan fingerprint density at radius 3 is 2.22 bits per heavy atom. The summed E-state index contributed by atoms with van der Waals surface area (Å²) >= 11 is 0. The fourth-order valence-corrected chi connectivity index (χ4v) is 2.78. The summed E-state index contributed by atoms with van der Waals surface area (Å²) in [6.07, 6.45) is 1.44. The fraction of sp³-hybridized carbons (Fsp3) is 0.150. The quantitative estimate of drug-likeness (QED) is 0.664. The molecule has 0 unspecified atom stereocenters. The van der Waals surface area contributed by atoms with Gasteiger partial charge in [-0.05, 0) is 48.4 Å². The van der Waals surface area contributed by atoms with Crippen LogP contribution < -0.4 is 19.7 Å². The van der Waals surface area contributed by atoms with E-state index in [-0.39, 0.29) is 5.57 Å². The molecule has 0 radical (unpaired) electrons. The Morgan fingerprint density at radius 1 is 0.963 bits per heavy atom. The molecule has 1 heterocycles. The summed E-state index contributed by atoms with van der Waals surface area (Å²) in [5.41, 5.74) is 1.62. The highest BCUT2D eigenvalue weighted by Crippen LogP contribution is 2.32. The van der Waals surface area contributed by atoms with Crippen LogP contribution in [-0.4, -0.2) is 32.1 Å². The van der Waals surface area contributed by atoms with Crippen LogP contribution in [0.3, 0.4) is 0 Å². The summed E-state index contributed by atoms with van der Waals surface area (Å²) in [7, 11) is 3.02. The van der Waals surface area contributed by atoms with Crippen molar-refractivity contribution in [3.8, 4) is 11.5 Å². The van der Waals surface area contributed by atoms with E-state index >= 15 is 0 Å². The van der Waals surface area contributed by atoms with Crippen LogP contribution in [0.2, 0.25) is 0 Å². The molecule has 0 aliphatic carbocycles. The highest BCUT2D eigenvalue weighted by molar-refractivity contribution is 6.39. The maximum atomic E-state index is 12.9. The van der Waals surface area contributed by atoms with Crippen molar-refractivity contribution in [1.82, 2.24) is 5.32 Å². The summed E-state index contributed by atoms with van der Waals surface area (Å²) < 4.78 is 10.5. The average molecular weight is 366 g/mol. The molecule has 138 valence electrons. The minimum absolute atomic E-state index is 0.145. The van der Waals surface area contributed by atoms with Gasteiger partial charge in [-0.2, -0.15) is 0 Å². The first-order valence-corrected chi connectivity index (χ1v) is 8.15. The predicted molar refractivity (Wildman–Crippen MR) is 99.7 cm³/mol. The molecule has 3 rings (SSSR count). The van der Waals surface area contributed by atoms with Crippen molar-refractivity contribution in [2.24, 2.45) is 0 Å². The minimum Gasteiger partial charge on any atom is -0.493 e. The van der Waals surface area contributed by atoms with Crippen LogP contribution in [-0.2, 0) is 9.59 Å². The van der Waals surface area contributed by atoms with Gasteiger partial charge in [-0.3, -0.25) is 14.9 Å². The molecule has 1 N–H and O–H groups in total. The number of carbonyl (C=O) groups excluding carboxylic acids is 3. The highest BCUT2D eigenvalue weighted by Gasteiger charge is 2.36. The van der Waals surface area contributed by atoms with E-state index in [1.165, 1.54) is 20.3 Å². The van der Waals surface area contributed by atoms with Gasteiger partial charge in [0.1, 0.15) is 5.57 Å². The molecule has 2 aromatic rings. The maximum Gasteiger partial charge on any atom is 0.335 e. The molecule has 27 heavy (non-hydrogen) atoms. The largest absolute Gasteiger partial charge is 0.493 e. The predicted octanol–water partition coefficient (Wildman–Crippen LogP) is 2.68. The van der Waals surface area contributed by atoms with Gasteiger partial charge in [0.25, 0.3) is 11.8 Å². The second-order valence-electron chi connectivity index (χ2n) is 5.86. The van der Waals surface area contributed by atoms with E-state index in [2.05, 4.69) is 5.32 Å². The van der Waals surface area contributed by atoms with E-state index < -0.39 is 17.8 Å². The molecule has 4 amide bonds. The third-order valence-electron chi connectivity index (χ3n) is 4.19. The summed E-state index contributed by atoms with van der Waals surface area (Å²) in [6, 6.07) is 11.0. The van der Waals surface area contributed by atoms with E-state index in [4.69, 9.17) is 9.47 Å². The van der Waals surface area contributed by atoms with E-state index in [1.807, 2.05) is 6.92 Å². The summed E-state index contributed by atoms with van der Waals surface area (Å²) in [6.45, 7) is 1.82. The number of nitrogens with zero attached hydrogens (tertiary/aromatic N) is 1. The van der Waals surface area contributed by atoms with Crippen molar-refractivity contribution in [2.45, 2.75) is 6.92 Å². The lowest BCUT2D eigenvalue weighted by molar-refractivity contribution is -0.122. The molecule has 1 aliphatic rings. The Balaban J connectivity index is 2.06. The zero-order chi connectivity index (χ0) is 19.6. The molecular formula is C20H18N2O5. The first kappa shape index (κ1) is 18.2. The SMILES string of the molecule is COc1cc(C)c(/C=C2\C(=O)NC(=O)N(c3ccccc3)C2=O)cc1OC. The maximum absolute atomic E-state index is 12.9. The topological polar surface area (TPSA) is 84.9 Å². The number of methoxy groups -OCH3 is 2. The number of hydrogen-bond donors (Lipinski definition) is 1. The monoisotopic (exact) mass is 366 g/mol. The van der Waals surface area contributed by atoms with Gasteiger partial charge in [-0.25, -0.2) is 9.69 Å². The molecule has 0 atom stereocenters. The number of imide groups is 2. The minimum atomic E-state index is -0.780. The molecule has 1 saturated heterocycles. The van der Waals surface area contributed by atoms with Crippen LogP contribution in [0.25, 0.3) is 6.08 Å². The normalized spacial score (nSPS) is 15.7. The van der Waals surface area contributed by atoms with E-state index in [0.717, 1.165) is 10.5 Å². The number of hydrogen-bond acceptors (Lipinski definition) is 5. The smallest absolute Gasteiger partial charge is 0.335 e. The Labute approximate surface area is 156 Å². The number of anilines is 1. The lowest BCUT2D eigenvalue weighted by Crippen LogP contribution is -2.54. The number of amides is 4. The van der Waals surface area contributed by atoms with E-state index in [1.54, 1.807) is 42.5 Å². The highest BCUT2D eigenvalue weighted by atomic mass is 16.5. The van der Waals surface area contributed by atoms with Gasteiger partial charge in [0.2, 0.25) is 0 Å². The van der Waals surface area contributed by atoms with Crippen LogP contribution in [0.15, 0.2) is 48.0 Å². The number of carbonyl (C=O) groups is 3. The Kier molecular flexibility index (Phi) is 4.94. The van der Waals surface area contributed by atoms with Crippen molar-refractivity contribution in [3.63, 3.8) is 0 Å². The molecule has 0 spiro atoms. The van der Waals surface area contributed by atoms with Gasteiger partial charge < -0.3 is 9.47 Å². The van der Waals surface area contributed by atoms with Crippen LogP contribution in [0.4, 0.5) is 10.5 Å². The van der Waals surface area contributed by atoms with Gasteiger partial charge in [0.15, 0.2) is 11.5 Å². The van der Waals surface area contributed by atoms with Crippen molar-refractivity contribution >= 4 is 29.6 Å². The third kappa shape index (κ3) is 3.39. The van der Waals surface area contributed by atoms with Crippen molar-refractivity contribution in [2.75, 3.05) is 19.1 Å². The molecule has 0 bridgehead atoms. The van der Waals surface area contributed by atoms with Gasteiger partial charge in [-0.15, -0.1) is 0 Å². The van der Waals surface area contributed by atoms with Crippen LogP contribution in [0.1, 0.15) is 11.1 Å². The molecule has 7 nitrogen and oxygen atoms in total. The summed E-state index contributed by atoms with van der Waals surface area (Å²) in [4.78, 5) is 38.2. The number of urea groups is 1. The Hall–Kier alpha value is -3.61. The van der Waals surface area contributed by atoms with Gasteiger partial charge in [0.05, 0.1) is 19.9 Å². The molecule has 0 aromatic heterocycles. The molecule has 2 aromatic carbocycles. The first-order chi connectivity index (χ1) is 13.0. The third-order valence-corrected chi connectivity index (χ3v) is 4.19. The van der Waals surface area contributed by atoms with Crippen LogP contribution >= 0.6 is 0 Å². The Morgan fingerprint density at radius 2 is 1.59 bits per heavy atom. The number of barbiturate groups is 1. The number of rotatable bonds is 4. The molecular weight excluding hydrogens is 348 g/mol. The standard InChI is InChI=1S/C20H18N2O5/c1-12-9-16(26-2)17(27-3)11-13(12)10-15-18(23)21-20(25)22(19(15)24)14-7-5-4-6-8-14/h4-11H,1-3H3,(H,21,23,25)/b15-10+. The fourth-order valence-electron chi connectivity index (χ4n) is 2.78. The molecule has 1 aliphatic heterocycles. The van der Waals surface area contributed by atoms with Gasteiger partial charge in [0, 0.05) is 0 Å². The molecule has 1 fully saturated rings. The first-order valence-electron chi connectivity index (χ1n) is 8.15. The van der Waals surface area contributed by atoms with Gasteiger partial charge in [-0.1, -0.05) is 18.2 Å². The zero-order valence-corrected chi connectivity index (χ0v) is 15.1. The summed E-state index contributed by atoms with van der Waals surface area (Å²) in [5, 5.41) is 2.20. The van der Waals surface area contributed by atoms with E-state index in [9.17, 15) is 14.4 Å². The number of aryl methyl sites for hydroxylation is 1. The second kappa shape index (κ2) is 7.33. The Bertz CT molecular complexity index is 950. The molecule has 0 saturated carbocycles. The van der Waals surface area contributed by atoms with Gasteiger partial charge >= 0.3 is 6.03 Å². The average Bonchev–Trinajstić information content (AvgIpc) is 2.66. The lowest BCUT2D eigenvalue weighted by Gasteiger charge is -2.26. The van der Waals surface area contributed by atoms with Crippen molar-refractivity contribution < 1.29 is 23.9 Å². The number of para-hydroxylation sites is 1. The number of ether oxygens (including phenoxy) is 2. The number of nitrogens with one attached hydrogen (secondary N) is 1. The summed E-state index contributed by atoms with van der Waals surface area (Å²) in [5.74, 6) is -0.428. The van der Waals surface area contributed by atoms with Crippen LogP contribution in [0.5, 0.6) is 11.5 Å². The number of benzene rings is 2. The second-order valence-corrected chi connectivity index (χ2v) is 5.86. The van der Waals surface area contributed by atoms with Crippen molar-refractivity contribution in [1.29, 1.82) is 0 Å². The lowest BCUT2D eigenvalue weighted by atomic mass is 10.0. The molecule has 7 heteroatoms.